The molecule has 14 aromatic rings. The predicted octanol–water partition coefficient (Wildman–Crippen LogP) is 18.4. The van der Waals surface area contributed by atoms with Crippen LogP contribution < -0.4 is 11.2 Å². The largest absolute Gasteiger partial charge is 0.505 e. The summed E-state index contributed by atoms with van der Waals surface area (Å²) in [7, 11) is 7.86. The highest BCUT2D eigenvalue weighted by Crippen LogP contribution is 2.36. The fourth-order valence-electron chi connectivity index (χ4n) is 13.4. The Morgan fingerprint density at radius 2 is 0.971 bits per heavy atom. The molecule has 0 unspecified atom stereocenters. The lowest BCUT2D eigenvalue weighted by atomic mass is 9.93. The topological polar surface area (TPSA) is 175 Å². The van der Waals surface area contributed by atoms with Gasteiger partial charge in [0.15, 0.2) is 0 Å². The van der Waals surface area contributed by atoms with Gasteiger partial charge in [0.25, 0.3) is 5.56 Å². The molecular formula is C83H93F3N16O2. The Morgan fingerprint density at radius 1 is 0.452 bits per heavy atom. The minimum Gasteiger partial charge on any atom is -0.306 e. The number of aromatic nitrogens is 15. The van der Waals surface area contributed by atoms with Crippen molar-refractivity contribution < 1.29 is 13.2 Å². The molecule has 1 saturated heterocycles. The summed E-state index contributed by atoms with van der Waals surface area (Å²) in [6.07, 6.45) is 15.5. The monoisotopic (exact) mass is 1400 g/mol. The molecule has 4 aromatic carbocycles. The van der Waals surface area contributed by atoms with Gasteiger partial charge in [-0.05, 0) is 213 Å². The Labute approximate surface area is 604 Å². The van der Waals surface area contributed by atoms with E-state index in [2.05, 4.69) is 173 Å². The maximum atomic E-state index is 12.8. The number of benzene rings is 4. The number of hydrogen-bond donors (Lipinski definition) is 0. The average molecular weight is 1400 g/mol. The third kappa shape index (κ3) is 15.9. The number of pyridine rings is 5. The van der Waals surface area contributed by atoms with E-state index in [-0.39, 0.29) is 27.4 Å². The van der Waals surface area contributed by atoms with Crippen molar-refractivity contribution in [3.63, 3.8) is 0 Å². The lowest BCUT2D eigenvalue weighted by molar-refractivity contribution is -0.209. The van der Waals surface area contributed by atoms with Crippen LogP contribution in [0.3, 0.4) is 0 Å². The van der Waals surface area contributed by atoms with E-state index in [0.717, 1.165) is 104 Å². The summed E-state index contributed by atoms with van der Waals surface area (Å²) >= 11 is 0. The van der Waals surface area contributed by atoms with Crippen molar-refractivity contribution in [1.82, 2.24) is 77.7 Å². The molecule has 0 amide bonds. The first kappa shape index (κ1) is 73.1. The van der Waals surface area contributed by atoms with E-state index in [0.29, 0.717) is 41.1 Å². The molecule has 21 heteroatoms. The summed E-state index contributed by atoms with van der Waals surface area (Å²) in [5, 5.41) is 19.1. The van der Waals surface area contributed by atoms with Gasteiger partial charge in [-0.1, -0.05) is 93.5 Å². The Kier molecular flexibility index (Phi) is 21.9. The van der Waals surface area contributed by atoms with Crippen LogP contribution in [-0.4, -0.2) is 97.8 Å². The summed E-state index contributed by atoms with van der Waals surface area (Å²) < 4.78 is 49.9. The zero-order valence-electron chi connectivity index (χ0n) is 61.9. The zero-order chi connectivity index (χ0) is 73.8. The highest BCUT2D eigenvalue weighted by molar-refractivity contribution is 5.86. The van der Waals surface area contributed by atoms with E-state index in [1.54, 1.807) is 33.7 Å². The maximum absolute atomic E-state index is 12.8. The van der Waals surface area contributed by atoms with Gasteiger partial charge in [-0.2, -0.15) is 25.1 Å². The first-order valence-corrected chi connectivity index (χ1v) is 36.0. The molecule has 2 aliphatic rings. The van der Waals surface area contributed by atoms with Crippen LogP contribution in [-0.2, 0) is 27.4 Å². The fraction of sp³-hybridized carbons (Fsp3) is 0.349. The van der Waals surface area contributed by atoms with Gasteiger partial charge >= 0.3 is 12.0 Å². The highest BCUT2D eigenvalue weighted by atomic mass is 19.4. The van der Waals surface area contributed by atoms with Crippen LogP contribution >= 0.6 is 0 Å². The van der Waals surface area contributed by atoms with Crippen molar-refractivity contribution in [2.24, 2.45) is 21.1 Å². The second-order valence-electron chi connectivity index (χ2n) is 29.0. The first-order valence-electron chi connectivity index (χ1n) is 36.0. The van der Waals surface area contributed by atoms with Crippen LogP contribution in [0.1, 0.15) is 171 Å². The van der Waals surface area contributed by atoms with Gasteiger partial charge in [0.1, 0.15) is 5.52 Å². The van der Waals surface area contributed by atoms with Gasteiger partial charge in [-0.25, -0.2) is 9.78 Å². The third-order valence-electron chi connectivity index (χ3n) is 20.1. The number of hydrogen-bond acceptors (Lipinski definition) is 11. The third-order valence-corrected chi connectivity index (χ3v) is 20.1. The van der Waals surface area contributed by atoms with Crippen LogP contribution in [0.25, 0.3) is 94.4 Å². The molecule has 0 bridgehead atoms. The van der Waals surface area contributed by atoms with Gasteiger partial charge in [-0.3, -0.25) is 47.5 Å². The molecule has 1 aliphatic carbocycles. The van der Waals surface area contributed by atoms with Crippen molar-refractivity contribution in [3.05, 3.63) is 232 Å². The fourth-order valence-corrected chi connectivity index (χ4v) is 13.4. The molecule has 2 fully saturated rings. The van der Waals surface area contributed by atoms with Crippen molar-refractivity contribution in [2.45, 2.75) is 149 Å². The van der Waals surface area contributed by atoms with Gasteiger partial charge < -0.3 is 4.90 Å². The maximum Gasteiger partial charge on any atom is 0.505 e. The van der Waals surface area contributed by atoms with Crippen LogP contribution in [0.15, 0.2) is 193 Å². The number of halogens is 3. The predicted molar refractivity (Wildman–Crippen MR) is 412 cm³/mol. The molecular weight excluding hydrogens is 1310 g/mol. The van der Waals surface area contributed by atoms with Crippen LogP contribution in [0.2, 0.25) is 0 Å². The standard InChI is InChI=1S/C19H21N3.C17H25N3O.C16H14F3N3.C16H17N3O.C15H16N4/c1-13(2)14-8-9-20-18(11-14)15-6-7-19-16(10-15)12-21-22(19)17-4-3-5-17;1-12(2)13-5-6-15-16(11-13)20(17(21)19(15)4)14-7-9-18(3)10-8-14;1-10(2)11-5-6-20-14(8-11)12-3-4-15-13(7-12)9-21-22(15)16(17,18)19;1-11(2)14-5-4-8-19(16(14)20)13-6-7-15-12(9-13)10-17-18(15)3;1-10(2)11-6-7-16-13(8-11)12-4-5-15-14(18-12)9-17-19(15)3/h6-13,17H,3-5H2,1-2H3;5-6,11-12,14H,7-10H2,1-4H3;3-10H,1-2H3;4-11H,1-3H3;4-10H,1-3H3. The number of alkyl halides is 3. The number of likely N-dealkylation sites (tertiary alicyclic amines) is 1. The minimum atomic E-state index is -4.51. The van der Waals surface area contributed by atoms with Gasteiger partial charge in [0.2, 0.25) is 0 Å². The normalized spacial score (nSPS) is 13.8. The van der Waals surface area contributed by atoms with Crippen molar-refractivity contribution in [3.8, 4) is 39.6 Å². The van der Waals surface area contributed by atoms with Gasteiger partial charge in [0.05, 0.1) is 86.7 Å². The number of aryl methyl sites for hydroxylation is 3. The molecule has 104 heavy (non-hydrogen) atoms. The molecule has 11 heterocycles. The summed E-state index contributed by atoms with van der Waals surface area (Å²) in [6.45, 7) is 23.5. The molecule has 538 valence electrons. The Bertz CT molecular complexity index is 5460. The lowest BCUT2D eigenvalue weighted by Crippen LogP contribution is -2.35. The van der Waals surface area contributed by atoms with E-state index in [4.69, 9.17) is 0 Å². The lowest BCUT2D eigenvalue weighted by Gasteiger charge is -2.29. The van der Waals surface area contributed by atoms with Gasteiger partial charge in [0, 0.05) is 90.5 Å². The minimum absolute atomic E-state index is 0.0382. The van der Waals surface area contributed by atoms with Crippen molar-refractivity contribution in [1.29, 1.82) is 0 Å². The number of rotatable bonds is 11. The average Bonchev–Trinajstić information content (AvgIpc) is 1.61. The summed E-state index contributed by atoms with van der Waals surface area (Å²) in [4.78, 5) is 45.4. The van der Waals surface area contributed by atoms with Crippen LogP contribution in [0.4, 0.5) is 13.2 Å². The van der Waals surface area contributed by atoms with Crippen molar-refractivity contribution in [2.75, 3.05) is 20.1 Å². The van der Waals surface area contributed by atoms with E-state index in [1.807, 2.05) is 135 Å². The van der Waals surface area contributed by atoms with Gasteiger partial charge in [-0.15, -0.1) is 13.2 Å². The zero-order valence-corrected chi connectivity index (χ0v) is 61.9. The smallest absolute Gasteiger partial charge is 0.306 e. The number of piperidine rings is 1. The summed E-state index contributed by atoms with van der Waals surface area (Å²) in [5.41, 5.74) is 18.9. The molecule has 1 saturated carbocycles. The Balaban J connectivity index is 0.000000122. The molecule has 0 N–H and O–H groups in total. The molecule has 18 nitrogen and oxygen atoms in total. The van der Waals surface area contributed by atoms with E-state index >= 15 is 0 Å². The highest BCUT2D eigenvalue weighted by Gasteiger charge is 2.33. The summed E-state index contributed by atoms with van der Waals surface area (Å²) in [5.74, 6) is 2.07. The molecule has 10 aromatic heterocycles. The van der Waals surface area contributed by atoms with E-state index in [9.17, 15) is 22.8 Å². The number of fused-ring (bicyclic) bond motifs is 5. The first-order chi connectivity index (χ1) is 49.8. The van der Waals surface area contributed by atoms with Crippen molar-refractivity contribution >= 4 is 54.8 Å². The Morgan fingerprint density at radius 3 is 1.57 bits per heavy atom. The van der Waals surface area contributed by atoms with E-state index < -0.39 is 6.30 Å². The number of nitrogens with zero attached hydrogens (tertiary/aromatic N) is 16. The molecule has 0 spiro atoms. The van der Waals surface area contributed by atoms with Crippen LogP contribution in [0, 0.1) is 0 Å². The quantitative estimate of drug-likeness (QED) is 0.120. The molecule has 16 rings (SSSR count). The number of imidazole rings is 1. The molecule has 0 atom stereocenters. The second-order valence-corrected chi connectivity index (χ2v) is 29.0. The Hall–Kier alpha value is -10.7. The second kappa shape index (κ2) is 31.1. The molecule has 0 radical (unpaired) electrons. The van der Waals surface area contributed by atoms with E-state index in [1.165, 1.54) is 64.7 Å². The van der Waals surface area contributed by atoms with Crippen LogP contribution in [0.5, 0.6) is 0 Å². The summed E-state index contributed by atoms with van der Waals surface area (Å²) in [6, 6.07) is 44.8. The SMILES string of the molecule is CC(C)c1ccc2c(c1)n(C1CCN(C)CC1)c(=O)n2C.CC(C)c1cccn(-c2ccc3c(cnn3C)c2)c1=O.CC(C)c1ccnc(-c2ccc3c(cnn3C(F)(F)F)c2)c1.CC(C)c1ccnc(-c2ccc3c(cnn3C)n2)c1.CC(C)c1ccnc(-c2ccc3c(cnn3C3CCC3)c2)c1. The molecule has 1 aliphatic heterocycles.